The molecule has 37 heavy (non-hydrogen) atoms. The summed E-state index contributed by atoms with van der Waals surface area (Å²) in [5.41, 5.74) is 4.35. The topological polar surface area (TPSA) is 125 Å². The summed E-state index contributed by atoms with van der Waals surface area (Å²) in [6.45, 7) is -0.192. The first-order valence-electron chi connectivity index (χ1n) is 11.4. The molecule has 0 aliphatic heterocycles. The summed E-state index contributed by atoms with van der Waals surface area (Å²) in [5, 5.41) is 0. The summed E-state index contributed by atoms with van der Waals surface area (Å²) in [6, 6.07) is 22.9. The molecule has 0 aromatic heterocycles. The molecule has 3 aromatic rings. The molecule has 0 unspecified atom stereocenters. The van der Waals surface area contributed by atoms with Crippen molar-refractivity contribution >= 4 is 27.7 Å². The molecule has 0 bridgehead atoms. The quantitative estimate of drug-likeness (QED) is 0.298. The maximum absolute atomic E-state index is 12.8. The van der Waals surface area contributed by atoms with Crippen LogP contribution >= 0.6 is 0 Å². The molecule has 194 valence electrons. The highest BCUT2D eigenvalue weighted by Crippen LogP contribution is 2.28. The molecule has 10 heteroatoms. The minimum absolute atomic E-state index is 0.0859. The van der Waals surface area contributed by atoms with E-state index in [1.54, 1.807) is 30.3 Å². The summed E-state index contributed by atoms with van der Waals surface area (Å²) in [4.78, 5) is 41.6. The van der Waals surface area contributed by atoms with Crippen molar-refractivity contribution in [3.05, 3.63) is 90.0 Å². The fraction of sp³-hybridized carbons (Fsp3) is 0.222. The summed E-state index contributed by atoms with van der Waals surface area (Å²) in [6.07, 6.45) is 1.00. The number of nitrogens with one attached hydrogen (secondary N) is 1. The Bertz CT molecular complexity index is 1330. The smallest absolute Gasteiger partial charge is 0.344 e. The highest BCUT2D eigenvalue weighted by molar-refractivity contribution is 7.90. The van der Waals surface area contributed by atoms with Crippen molar-refractivity contribution in [3.8, 4) is 16.9 Å². The third-order valence-corrected chi connectivity index (χ3v) is 6.10. The number of hydroxylamine groups is 1. The lowest BCUT2D eigenvalue weighted by molar-refractivity contribution is -0.149. The number of carbonyl (C=O) groups excluding carboxylic acids is 3. The van der Waals surface area contributed by atoms with Gasteiger partial charge in [-0.05, 0) is 41.3 Å². The Morgan fingerprint density at radius 1 is 0.865 bits per heavy atom. The predicted molar refractivity (Wildman–Crippen MR) is 136 cm³/mol. The Morgan fingerprint density at radius 2 is 1.54 bits per heavy atom. The minimum Gasteiger partial charge on any atom is -0.482 e. The monoisotopic (exact) mass is 525 g/mol. The molecule has 0 saturated carbocycles. The third kappa shape index (κ3) is 9.42. The average Bonchev–Trinajstić information content (AvgIpc) is 2.89. The zero-order valence-corrected chi connectivity index (χ0v) is 21.0. The number of hydrogen-bond acceptors (Lipinski definition) is 8. The number of ether oxygens (including phenoxy) is 2. The van der Waals surface area contributed by atoms with Crippen molar-refractivity contribution in [2.24, 2.45) is 0 Å². The van der Waals surface area contributed by atoms with E-state index in [0.29, 0.717) is 16.9 Å². The Morgan fingerprint density at radius 3 is 2.22 bits per heavy atom. The Kier molecular flexibility index (Phi) is 9.79. The van der Waals surface area contributed by atoms with Crippen LogP contribution in [0.2, 0.25) is 0 Å². The first-order valence-corrected chi connectivity index (χ1v) is 13.5. The van der Waals surface area contributed by atoms with Crippen LogP contribution in [-0.2, 0) is 35.6 Å². The number of sulfone groups is 1. The van der Waals surface area contributed by atoms with Gasteiger partial charge in [-0.2, -0.15) is 5.48 Å². The van der Waals surface area contributed by atoms with Gasteiger partial charge in [-0.25, -0.2) is 18.0 Å². The van der Waals surface area contributed by atoms with Crippen LogP contribution in [0.25, 0.3) is 11.1 Å². The fourth-order valence-corrected chi connectivity index (χ4v) is 3.95. The van der Waals surface area contributed by atoms with Gasteiger partial charge in [0.1, 0.15) is 22.2 Å². The summed E-state index contributed by atoms with van der Waals surface area (Å²) in [7, 11) is -3.20. The number of hydrogen-bond donors (Lipinski definition) is 1. The summed E-state index contributed by atoms with van der Waals surface area (Å²) >= 11 is 0. The second-order valence-corrected chi connectivity index (χ2v) is 10.4. The zero-order chi connectivity index (χ0) is 26.7. The number of amides is 1. The van der Waals surface area contributed by atoms with E-state index in [1.807, 2.05) is 36.4 Å². The fourth-order valence-electron chi connectivity index (χ4n) is 3.28. The van der Waals surface area contributed by atoms with Gasteiger partial charge in [0.2, 0.25) is 0 Å². The molecule has 0 fully saturated rings. The first kappa shape index (κ1) is 27.4. The normalized spacial score (nSPS) is 10.8. The maximum atomic E-state index is 12.8. The third-order valence-electron chi connectivity index (χ3n) is 5.07. The molecule has 0 saturated heterocycles. The molecule has 3 aromatic carbocycles. The van der Waals surface area contributed by atoms with Gasteiger partial charge in [0, 0.05) is 12.7 Å². The van der Waals surface area contributed by atoms with Gasteiger partial charge in [-0.15, -0.1) is 0 Å². The molecule has 0 aliphatic carbocycles. The second-order valence-electron chi connectivity index (χ2n) is 8.15. The SMILES string of the molecule is CS(=O)(=O)CCCC(=O)ONC(=O)c1ccc(OCC(=O)OCc2ccccc2)cc1-c1ccccc1. The number of benzene rings is 3. The molecule has 0 radical (unpaired) electrons. The molecule has 1 N–H and O–H groups in total. The predicted octanol–water partition coefficient (Wildman–Crippen LogP) is 3.49. The highest BCUT2D eigenvalue weighted by atomic mass is 32.2. The molecule has 0 aliphatic rings. The van der Waals surface area contributed by atoms with Crippen molar-refractivity contribution in [1.82, 2.24) is 5.48 Å². The van der Waals surface area contributed by atoms with Crippen LogP contribution in [0.15, 0.2) is 78.9 Å². The summed E-state index contributed by atoms with van der Waals surface area (Å²) in [5.74, 6) is -1.80. The van der Waals surface area contributed by atoms with Crippen molar-refractivity contribution in [1.29, 1.82) is 0 Å². The van der Waals surface area contributed by atoms with E-state index in [4.69, 9.17) is 14.3 Å². The van der Waals surface area contributed by atoms with Crippen molar-refractivity contribution in [2.45, 2.75) is 19.4 Å². The van der Waals surface area contributed by atoms with Gasteiger partial charge in [-0.3, -0.25) is 4.79 Å². The van der Waals surface area contributed by atoms with E-state index in [2.05, 4.69) is 5.48 Å². The van der Waals surface area contributed by atoms with E-state index in [-0.39, 0.29) is 37.4 Å². The van der Waals surface area contributed by atoms with E-state index >= 15 is 0 Å². The lowest BCUT2D eigenvalue weighted by Crippen LogP contribution is -2.27. The number of carbonyl (C=O) groups is 3. The highest BCUT2D eigenvalue weighted by Gasteiger charge is 2.17. The largest absolute Gasteiger partial charge is 0.482 e. The van der Waals surface area contributed by atoms with E-state index < -0.39 is 27.7 Å². The number of esters is 1. The molecule has 1 amide bonds. The molecular formula is C27H27NO8S. The molecule has 9 nitrogen and oxygen atoms in total. The zero-order valence-electron chi connectivity index (χ0n) is 20.2. The Balaban J connectivity index is 1.63. The van der Waals surface area contributed by atoms with Crippen molar-refractivity contribution in [2.75, 3.05) is 18.6 Å². The first-order chi connectivity index (χ1) is 17.7. The summed E-state index contributed by atoms with van der Waals surface area (Å²) < 4.78 is 33.2. The molecular weight excluding hydrogens is 498 g/mol. The van der Waals surface area contributed by atoms with Gasteiger partial charge in [0.15, 0.2) is 6.61 Å². The van der Waals surface area contributed by atoms with Crippen LogP contribution < -0.4 is 10.2 Å². The van der Waals surface area contributed by atoms with E-state index in [0.717, 1.165) is 11.8 Å². The minimum atomic E-state index is -3.20. The molecule has 0 atom stereocenters. The van der Waals surface area contributed by atoms with Crippen LogP contribution in [0.4, 0.5) is 0 Å². The second kappa shape index (κ2) is 13.2. The van der Waals surface area contributed by atoms with Gasteiger partial charge in [-0.1, -0.05) is 60.7 Å². The van der Waals surface area contributed by atoms with Crippen LogP contribution in [0.5, 0.6) is 5.75 Å². The maximum Gasteiger partial charge on any atom is 0.344 e. The van der Waals surface area contributed by atoms with Crippen LogP contribution in [0, 0.1) is 0 Å². The van der Waals surface area contributed by atoms with Crippen LogP contribution in [0.3, 0.4) is 0 Å². The Hall–Kier alpha value is -4.18. The Labute approximate surface area is 215 Å². The molecule has 0 heterocycles. The average molecular weight is 526 g/mol. The van der Waals surface area contributed by atoms with Gasteiger partial charge in [0.05, 0.1) is 11.3 Å². The van der Waals surface area contributed by atoms with Crippen LogP contribution in [-0.4, -0.2) is 44.9 Å². The van der Waals surface area contributed by atoms with Gasteiger partial charge in [0.25, 0.3) is 5.91 Å². The van der Waals surface area contributed by atoms with Crippen molar-refractivity contribution in [3.63, 3.8) is 0 Å². The van der Waals surface area contributed by atoms with Crippen LogP contribution in [0.1, 0.15) is 28.8 Å². The van der Waals surface area contributed by atoms with E-state index in [9.17, 15) is 22.8 Å². The van der Waals surface area contributed by atoms with Gasteiger partial charge < -0.3 is 14.3 Å². The lowest BCUT2D eigenvalue weighted by atomic mass is 9.99. The van der Waals surface area contributed by atoms with Crippen molar-refractivity contribution < 1.29 is 37.1 Å². The van der Waals surface area contributed by atoms with Gasteiger partial charge >= 0.3 is 11.9 Å². The molecule has 0 spiro atoms. The molecule has 3 rings (SSSR count). The lowest BCUT2D eigenvalue weighted by Gasteiger charge is -2.13. The van der Waals surface area contributed by atoms with E-state index in [1.165, 1.54) is 12.1 Å². The standard InChI is InChI=1S/C27H27NO8S/c1-37(32,33)16-8-13-25(29)36-28-27(31)23-15-14-22(17-24(23)21-11-6-3-7-12-21)34-19-26(30)35-18-20-9-4-2-5-10-20/h2-7,9-12,14-15,17H,8,13,16,18-19H2,1H3,(H,28,31). The number of rotatable bonds is 11.